The lowest BCUT2D eigenvalue weighted by atomic mass is 9.48. The molecule has 4 rings (SSSR count). The summed E-state index contributed by atoms with van der Waals surface area (Å²) in [5, 5.41) is 4.24. The highest BCUT2D eigenvalue weighted by molar-refractivity contribution is 6.26. The van der Waals surface area contributed by atoms with Crippen LogP contribution in [0.1, 0.15) is 72.1 Å². The van der Waals surface area contributed by atoms with Crippen LogP contribution in [0.3, 0.4) is 0 Å². The fourth-order valence-electron chi connectivity index (χ4n) is 7.03. The molecule has 0 aliphatic heterocycles. The lowest BCUT2D eigenvalue weighted by Gasteiger charge is -2.57. The van der Waals surface area contributed by atoms with Gasteiger partial charge >= 0.3 is 11.9 Å². The first kappa shape index (κ1) is 20.9. The summed E-state index contributed by atoms with van der Waals surface area (Å²) in [6.07, 6.45) is 10.8. The summed E-state index contributed by atoms with van der Waals surface area (Å²) in [7, 11) is 0. The van der Waals surface area contributed by atoms with Gasteiger partial charge in [0.25, 0.3) is 0 Å². The minimum absolute atomic E-state index is 0.0183. The normalized spacial score (nSPS) is 42.3. The van der Waals surface area contributed by atoms with Gasteiger partial charge in [0.15, 0.2) is 0 Å². The SMILES string of the molecule is CC(=O)O[C@H]1CC[C@@]2(C)C(=CC[C@H]3[C@H]2CC[C@@]2(C)/C(=N\OC(=O)CCl)CC[C@H]32)C1. The van der Waals surface area contributed by atoms with E-state index in [2.05, 4.69) is 25.1 Å². The van der Waals surface area contributed by atoms with Crippen LogP contribution in [0, 0.1) is 28.6 Å². The Morgan fingerprint density at radius 3 is 2.62 bits per heavy atom. The Bertz CT molecular complexity index is 762. The summed E-state index contributed by atoms with van der Waals surface area (Å²) in [5.74, 6) is 1.07. The standard InChI is InChI=1S/C23H32ClNO4/c1-14(26)28-16-8-10-22(2)15(12-16)4-5-17-18-6-7-20(25-29-21(27)13-24)23(18,3)11-9-19(17)22/h4,16-19H,5-13H2,1-3H3/b25-20-/t16-,17+,18+,19+,22-,23+/m0/s1. The van der Waals surface area contributed by atoms with Crippen LogP contribution in [-0.4, -0.2) is 29.6 Å². The molecule has 0 unspecified atom stereocenters. The molecule has 4 aliphatic rings. The fourth-order valence-corrected chi connectivity index (χ4v) is 7.08. The van der Waals surface area contributed by atoms with Crippen LogP contribution in [-0.2, 0) is 19.2 Å². The van der Waals surface area contributed by atoms with Gasteiger partial charge in [-0.05, 0) is 68.1 Å². The van der Waals surface area contributed by atoms with Gasteiger partial charge in [-0.2, -0.15) is 0 Å². The van der Waals surface area contributed by atoms with E-state index in [9.17, 15) is 9.59 Å². The maximum absolute atomic E-state index is 11.5. The minimum Gasteiger partial charge on any atom is -0.462 e. The van der Waals surface area contributed by atoms with E-state index in [1.807, 2.05) is 0 Å². The molecule has 0 aromatic heterocycles. The van der Waals surface area contributed by atoms with E-state index in [-0.39, 0.29) is 28.8 Å². The third-order valence-corrected chi connectivity index (χ3v) is 8.72. The van der Waals surface area contributed by atoms with Crippen molar-refractivity contribution in [3.63, 3.8) is 0 Å². The smallest absolute Gasteiger partial charge is 0.349 e. The molecule has 0 saturated heterocycles. The Labute approximate surface area is 178 Å². The van der Waals surface area contributed by atoms with Crippen molar-refractivity contribution < 1.29 is 19.2 Å². The summed E-state index contributed by atoms with van der Waals surface area (Å²) in [6, 6.07) is 0. The summed E-state index contributed by atoms with van der Waals surface area (Å²) in [5.41, 5.74) is 2.77. The van der Waals surface area contributed by atoms with E-state index in [1.54, 1.807) is 0 Å². The Kier molecular flexibility index (Phi) is 5.56. The van der Waals surface area contributed by atoms with Crippen molar-refractivity contribution in [2.24, 2.45) is 33.7 Å². The molecule has 0 heterocycles. The van der Waals surface area contributed by atoms with Crippen LogP contribution in [0.15, 0.2) is 16.8 Å². The Hall–Kier alpha value is -1.36. The molecular weight excluding hydrogens is 390 g/mol. The largest absolute Gasteiger partial charge is 0.462 e. The number of hydrogen-bond donors (Lipinski definition) is 0. The van der Waals surface area contributed by atoms with Crippen molar-refractivity contribution in [1.29, 1.82) is 0 Å². The Morgan fingerprint density at radius 1 is 1.17 bits per heavy atom. The number of alkyl halides is 1. The highest BCUT2D eigenvalue weighted by Crippen LogP contribution is 2.64. The molecule has 6 atom stereocenters. The van der Waals surface area contributed by atoms with Gasteiger partial charge in [0.1, 0.15) is 12.0 Å². The van der Waals surface area contributed by atoms with Gasteiger partial charge in [0, 0.05) is 18.8 Å². The Balaban J connectivity index is 1.54. The number of ether oxygens (including phenoxy) is 1. The molecule has 29 heavy (non-hydrogen) atoms. The van der Waals surface area contributed by atoms with E-state index in [1.165, 1.54) is 18.9 Å². The highest BCUT2D eigenvalue weighted by Gasteiger charge is 2.58. The fraction of sp³-hybridized carbons (Fsp3) is 0.783. The summed E-state index contributed by atoms with van der Waals surface area (Å²) in [6.45, 7) is 6.26. The number of nitrogens with zero attached hydrogens (tertiary/aromatic N) is 1. The number of rotatable bonds is 3. The predicted molar refractivity (Wildman–Crippen MR) is 112 cm³/mol. The number of carbonyl (C=O) groups is 2. The van der Waals surface area contributed by atoms with E-state index in [0.717, 1.165) is 50.7 Å². The van der Waals surface area contributed by atoms with Gasteiger partial charge in [-0.3, -0.25) is 4.79 Å². The van der Waals surface area contributed by atoms with Crippen LogP contribution in [0.5, 0.6) is 0 Å². The summed E-state index contributed by atoms with van der Waals surface area (Å²) >= 11 is 5.54. The molecule has 4 aliphatic carbocycles. The van der Waals surface area contributed by atoms with Crippen LogP contribution in [0.2, 0.25) is 0 Å². The van der Waals surface area contributed by atoms with Crippen LogP contribution in [0.4, 0.5) is 0 Å². The van der Waals surface area contributed by atoms with E-state index < -0.39 is 5.97 Å². The molecule has 0 radical (unpaired) electrons. The van der Waals surface area contributed by atoms with Gasteiger partial charge < -0.3 is 9.57 Å². The number of carbonyl (C=O) groups excluding carboxylic acids is 2. The first-order chi connectivity index (χ1) is 13.8. The van der Waals surface area contributed by atoms with Crippen molar-refractivity contribution in [3.05, 3.63) is 11.6 Å². The first-order valence-corrected chi connectivity index (χ1v) is 11.5. The summed E-state index contributed by atoms with van der Waals surface area (Å²) in [4.78, 5) is 27.9. The van der Waals surface area contributed by atoms with Crippen molar-refractivity contribution in [1.82, 2.24) is 0 Å². The van der Waals surface area contributed by atoms with Gasteiger partial charge in [0.2, 0.25) is 0 Å². The molecule has 160 valence electrons. The quantitative estimate of drug-likeness (QED) is 0.211. The number of allylic oxidation sites excluding steroid dienone is 1. The van der Waals surface area contributed by atoms with Crippen molar-refractivity contribution in [3.8, 4) is 0 Å². The lowest BCUT2D eigenvalue weighted by molar-refractivity contribution is -0.148. The molecule has 0 aromatic rings. The third kappa shape index (κ3) is 3.54. The molecule has 6 heteroatoms. The zero-order chi connectivity index (χ0) is 20.8. The molecule has 3 saturated carbocycles. The second-order valence-corrected chi connectivity index (χ2v) is 10.1. The predicted octanol–water partition coefficient (Wildman–Crippen LogP) is 5.02. The average Bonchev–Trinajstić information content (AvgIpc) is 3.02. The monoisotopic (exact) mass is 421 g/mol. The van der Waals surface area contributed by atoms with Gasteiger partial charge in [-0.25, -0.2) is 4.79 Å². The van der Waals surface area contributed by atoms with Gasteiger partial charge in [0.05, 0.1) is 5.71 Å². The molecule has 0 bridgehead atoms. The lowest BCUT2D eigenvalue weighted by Crippen LogP contribution is -2.50. The minimum atomic E-state index is -0.484. The molecule has 0 aromatic carbocycles. The molecule has 3 fully saturated rings. The highest BCUT2D eigenvalue weighted by atomic mass is 35.5. The van der Waals surface area contributed by atoms with E-state index >= 15 is 0 Å². The number of esters is 1. The molecule has 5 nitrogen and oxygen atoms in total. The number of oxime groups is 1. The van der Waals surface area contributed by atoms with Crippen molar-refractivity contribution in [2.45, 2.75) is 78.2 Å². The third-order valence-electron chi connectivity index (χ3n) is 8.50. The van der Waals surface area contributed by atoms with Crippen molar-refractivity contribution in [2.75, 3.05) is 5.88 Å². The molecular formula is C23H32ClNO4. The number of fused-ring (bicyclic) bond motifs is 5. The molecule has 0 N–H and O–H groups in total. The molecule has 0 spiro atoms. The number of hydrogen-bond acceptors (Lipinski definition) is 5. The second-order valence-electron chi connectivity index (χ2n) is 9.86. The Morgan fingerprint density at radius 2 is 1.90 bits per heavy atom. The van der Waals surface area contributed by atoms with Crippen LogP contribution >= 0.6 is 11.6 Å². The maximum atomic E-state index is 11.5. The second kappa shape index (κ2) is 7.72. The zero-order valence-electron chi connectivity index (χ0n) is 17.7. The van der Waals surface area contributed by atoms with E-state index in [0.29, 0.717) is 17.8 Å². The van der Waals surface area contributed by atoms with Gasteiger partial charge in [-0.1, -0.05) is 30.7 Å². The first-order valence-electron chi connectivity index (χ1n) is 11.0. The topological polar surface area (TPSA) is 65.0 Å². The van der Waals surface area contributed by atoms with Gasteiger partial charge in [-0.15, -0.1) is 11.6 Å². The van der Waals surface area contributed by atoms with E-state index in [4.69, 9.17) is 21.2 Å². The average molecular weight is 422 g/mol. The zero-order valence-corrected chi connectivity index (χ0v) is 18.5. The van der Waals surface area contributed by atoms with Crippen LogP contribution in [0.25, 0.3) is 0 Å². The summed E-state index contributed by atoms with van der Waals surface area (Å²) < 4.78 is 5.53. The molecule has 0 amide bonds. The van der Waals surface area contributed by atoms with Crippen molar-refractivity contribution >= 4 is 29.3 Å². The number of halogens is 1. The maximum Gasteiger partial charge on any atom is 0.349 e. The van der Waals surface area contributed by atoms with Crippen LogP contribution < -0.4 is 0 Å².